The molecule has 0 radical (unpaired) electrons. The van der Waals surface area contributed by atoms with E-state index in [2.05, 4.69) is 20.5 Å². The average molecular weight is 373 g/mol. The molecule has 0 bridgehead atoms. The van der Waals surface area contributed by atoms with Crippen LogP contribution in [0.4, 0.5) is 0 Å². The van der Waals surface area contributed by atoms with E-state index in [0.29, 0.717) is 29.6 Å². The fourth-order valence-electron chi connectivity index (χ4n) is 3.08. The van der Waals surface area contributed by atoms with Crippen molar-refractivity contribution in [3.05, 3.63) is 66.2 Å². The van der Waals surface area contributed by atoms with E-state index in [4.69, 9.17) is 19.9 Å². The zero-order chi connectivity index (χ0) is 18.9. The Morgan fingerprint density at radius 1 is 1.04 bits per heavy atom. The maximum absolute atomic E-state index is 5.58. The number of rotatable bonds is 5. The number of hydrogen-bond donors (Lipinski definition) is 1. The van der Waals surface area contributed by atoms with Crippen LogP contribution in [0.5, 0.6) is 0 Å². The van der Waals surface area contributed by atoms with Crippen LogP contribution in [0.15, 0.2) is 63.8 Å². The van der Waals surface area contributed by atoms with Gasteiger partial charge in [-0.15, -0.1) is 5.10 Å². The van der Waals surface area contributed by atoms with Gasteiger partial charge in [0, 0.05) is 16.2 Å². The van der Waals surface area contributed by atoms with Crippen LogP contribution < -0.4 is 5.73 Å². The van der Waals surface area contributed by atoms with Gasteiger partial charge in [-0.3, -0.25) is 4.68 Å². The third-order valence-corrected chi connectivity index (χ3v) is 4.45. The van der Waals surface area contributed by atoms with Gasteiger partial charge in [0.1, 0.15) is 5.69 Å². The number of aromatic nitrogens is 6. The predicted molar refractivity (Wildman–Crippen MR) is 99.8 cm³/mol. The van der Waals surface area contributed by atoms with Crippen molar-refractivity contribution in [1.82, 2.24) is 30.3 Å². The average Bonchev–Trinajstić information content (AvgIpc) is 3.49. The summed E-state index contributed by atoms with van der Waals surface area (Å²) in [5.41, 5.74) is 9.94. The molecule has 9 nitrogen and oxygen atoms in total. The minimum Gasteiger partial charge on any atom is -0.345 e. The highest BCUT2D eigenvalue weighted by Gasteiger charge is 2.17. The summed E-state index contributed by atoms with van der Waals surface area (Å²) in [7, 11) is 0. The van der Waals surface area contributed by atoms with Gasteiger partial charge in [-0.1, -0.05) is 47.6 Å². The SMILES string of the molecule is NCc1noc(-c2nn(Cc3ccc(-c4conn4)cc3)c3ccccc23)n1. The van der Waals surface area contributed by atoms with E-state index in [0.717, 1.165) is 22.0 Å². The summed E-state index contributed by atoms with van der Waals surface area (Å²) < 4.78 is 12.0. The van der Waals surface area contributed by atoms with Crippen LogP contribution in [-0.4, -0.2) is 30.3 Å². The minimum absolute atomic E-state index is 0.218. The standard InChI is InChI=1S/C19H15N7O2/c20-9-17-21-19(28-24-17)18-14-3-1-2-4-16(14)26(23-18)10-12-5-7-13(8-6-12)15-11-27-25-22-15/h1-8,11H,9-10,20H2. The summed E-state index contributed by atoms with van der Waals surface area (Å²) in [5, 5.41) is 16.9. The Kier molecular flexibility index (Phi) is 3.91. The van der Waals surface area contributed by atoms with Crippen LogP contribution >= 0.6 is 0 Å². The Morgan fingerprint density at radius 3 is 2.64 bits per heavy atom. The Morgan fingerprint density at radius 2 is 1.89 bits per heavy atom. The van der Waals surface area contributed by atoms with Gasteiger partial charge in [0.05, 0.1) is 18.6 Å². The molecule has 5 aromatic rings. The Balaban J connectivity index is 1.51. The Hall–Kier alpha value is -3.85. The molecule has 0 amide bonds. The van der Waals surface area contributed by atoms with Gasteiger partial charge in [0.25, 0.3) is 5.89 Å². The van der Waals surface area contributed by atoms with Crippen LogP contribution in [0.25, 0.3) is 33.7 Å². The first-order valence-electron chi connectivity index (χ1n) is 8.67. The molecule has 0 aliphatic rings. The van der Waals surface area contributed by atoms with Crippen LogP contribution in [0.3, 0.4) is 0 Å². The van der Waals surface area contributed by atoms with Crippen molar-refractivity contribution in [2.75, 3.05) is 0 Å². The smallest absolute Gasteiger partial charge is 0.279 e. The summed E-state index contributed by atoms with van der Waals surface area (Å²) in [6, 6.07) is 15.9. The summed E-state index contributed by atoms with van der Waals surface area (Å²) in [6.07, 6.45) is 1.52. The van der Waals surface area contributed by atoms with Crippen LogP contribution in [0, 0.1) is 0 Å². The lowest BCUT2D eigenvalue weighted by atomic mass is 10.1. The van der Waals surface area contributed by atoms with E-state index in [1.807, 2.05) is 53.2 Å². The molecule has 5 rings (SSSR count). The fourth-order valence-corrected chi connectivity index (χ4v) is 3.08. The summed E-state index contributed by atoms with van der Waals surface area (Å²) in [4.78, 5) is 4.31. The van der Waals surface area contributed by atoms with Crippen molar-refractivity contribution < 1.29 is 9.05 Å². The third-order valence-electron chi connectivity index (χ3n) is 4.45. The lowest BCUT2D eigenvalue weighted by Crippen LogP contribution is -2.02. The van der Waals surface area contributed by atoms with Crippen LogP contribution in [0.2, 0.25) is 0 Å². The van der Waals surface area contributed by atoms with Crippen LogP contribution in [-0.2, 0) is 13.1 Å². The zero-order valence-corrected chi connectivity index (χ0v) is 14.7. The lowest BCUT2D eigenvalue weighted by molar-refractivity contribution is 0.393. The summed E-state index contributed by atoms with van der Waals surface area (Å²) in [6.45, 7) is 0.811. The van der Waals surface area contributed by atoms with Crippen molar-refractivity contribution in [3.63, 3.8) is 0 Å². The number of nitrogens with zero attached hydrogens (tertiary/aromatic N) is 6. The fraction of sp³-hybridized carbons (Fsp3) is 0.105. The maximum Gasteiger partial charge on any atom is 0.279 e. The normalized spacial score (nSPS) is 11.3. The monoisotopic (exact) mass is 373 g/mol. The molecule has 3 heterocycles. The topological polar surface area (TPSA) is 122 Å². The number of para-hydroxylation sites is 1. The molecule has 138 valence electrons. The molecule has 0 aliphatic heterocycles. The molecule has 9 heteroatoms. The van der Waals surface area contributed by atoms with E-state index in [1.54, 1.807) is 0 Å². The molecule has 3 aromatic heterocycles. The van der Waals surface area contributed by atoms with Crippen molar-refractivity contribution in [2.45, 2.75) is 13.1 Å². The molecule has 0 saturated heterocycles. The van der Waals surface area contributed by atoms with Gasteiger partial charge < -0.3 is 14.8 Å². The highest BCUT2D eigenvalue weighted by atomic mass is 16.5. The first-order valence-corrected chi connectivity index (χ1v) is 8.67. The maximum atomic E-state index is 5.58. The van der Waals surface area contributed by atoms with Crippen molar-refractivity contribution >= 4 is 10.9 Å². The van der Waals surface area contributed by atoms with E-state index < -0.39 is 0 Å². The van der Waals surface area contributed by atoms with Gasteiger partial charge in [0.15, 0.2) is 17.8 Å². The quantitative estimate of drug-likeness (QED) is 0.499. The molecule has 0 aliphatic carbocycles. The lowest BCUT2D eigenvalue weighted by Gasteiger charge is -2.04. The van der Waals surface area contributed by atoms with E-state index >= 15 is 0 Å². The van der Waals surface area contributed by atoms with Crippen molar-refractivity contribution in [3.8, 4) is 22.8 Å². The number of benzene rings is 2. The third kappa shape index (κ3) is 2.83. The number of hydrogen-bond acceptors (Lipinski definition) is 8. The molecule has 0 saturated carbocycles. The van der Waals surface area contributed by atoms with E-state index in [1.165, 1.54) is 6.26 Å². The molecule has 0 spiro atoms. The minimum atomic E-state index is 0.218. The van der Waals surface area contributed by atoms with Gasteiger partial charge >= 0.3 is 0 Å². The predicted octanol–water partition coefficient (Wildman–Crippen LogP) is 2.64. The Bertz CT molecular complexity index is 1220. The number of fused-ring (bicyclic) bond motifs is 1. The molecule has 2 aromatic carbocycles. The zero-order valence-electron chi connectivity index (χ0n) is 14.7. The second-order valence-electron chi connectivity index (χ2n) is 6.23. The molecule has 0 atom stereocenters. The summed E-state index contributed by atoms with van der Waals surface area (Å²) >= 11 is 0. The van der Waals surface area contributed by atoms with Crippen molar-refractivity contribution in [2.24, 2.45) is 5.73 Å². The molecule has 2 N–H and O–H groups in total. The van der Waals surface area contributed by atoms with Crippen molar-refractivity contribution in [1.29, 1.82) is 0 Å². The second kappa shape index (κ2) is 6.71. The van der Waals surface area contributed by atoms with Gasteiger partial charge in [-0.25, -0.2) is 0 Å². The second-order valence-corrected chi connectivity index (χ2v) is 6.23. The molecular formula is C19H15N7O2. The van der Waals surface area contributed by atoms with Gasteiger partial charge in [-0.2, -0.15) is 10.1 Å². The van der Waals surface area contributed by atoms with Gasteiger partial charge in [-0.05, 0) is 11.6 Å². The first-order chi connectivity index (χ1) is 13.8. The summed E-state index contributed by atoms with van der Waals surface area (Å²) in [5.74, 6) is 0.816. The molecule has 0 fully saturated rings. The molecular weight excluding hydrogens is 358 g/mol. The largest absolute Gasteiger partial charge is 0.345 e. The Labute approximate surface area is 158 Å². The van der Waals surface area contributed by atoms with Gasteiger partial charge in [0.2, 0.25) is 0 Å². The van der Waals surface area contributed by atoms with E-state index in [9.17, 15) is 0 Å². The molecule has 0 unspecified atom stereocenters. The number of nitrogens with two attached hydrogens (primary N) is 1. The first kappa shape index (κ1) is 16.3. The van der Waals surface area contributed by atoms with Crippen LogP contribution in [0.1, 0.15) is 11.4 Å². The van der Waals surface area contributed by atoms with E-state index in [-0.39, 0.29) is 6.54 Å². The highest BCUT2D eigenvalue weighted by molar-refractivity contribution is 5.91. The highest BCUT2D eigenvalue weighted by Crippen LogP contribution is 2.27. The molecule has 28 heavy (non-hydrogen) atoms.